The number of para-hydroxylation sites is 1. The number of hydrogen-bond donors (Lipinski definition) is 1. The molecule has 1 rings (SSSR count). The molecule has 0 atom stereocenters. The van der Waals surface area contributed by atoms with Gasteiger partial charge in [0.25, 0.3) is 0 Å². The van der Waals surface area contributed by atoms with Gasteiger partial charge in [0.1, 0.15) is 0 Å². The van der Waals surface area contributed by atoms with Crippen LogP contribution < -0.4 is 5.73 Å². The van der Waals surface area contributed by atoms with Crippen LogP contribution in [0.2, 0.25) is 0 Å². The molecule has 1 aromatic carbocycles. The zero-order chi connectivity index (χ0) is 13.9. The fourth-order valence-electron chi connectivity index (χ4n) is 2.59. The zero-order valence-electron chi connectivity index (χ0n) is 12.9. The van der Waals surface area contributed by atoms with E-state index >= 15 is 0 Å². The molecule has 1 heteroatoms. The first-order valence-corrected chi connectivity index (χ1v) is 8.15. The van der Waals surface area contributed by atoms with Crippen molar-refractivity contribution >= 4 is 5.69 Å². The largest absolute Gasteiger partial charge is 0.398 e. The minimum absolute atomic E-state index is 1.07. The third kappa shape index (κ3) is 6.13. The van der Waals surface area contributed by atoms with Crippen LogP contribution in [0.4, 0.5) is 5.69 Å². The number of rotatable bonds is 10. The number of unbranched alkanes of at least 4 members (excludes halogenated alkanes) is 6. The highest BCUT2D eigenvalue weighted by atomic mass is 14.6. The summed E-state index contributed by atoms with van der Waals surface area (Å²) < 4.78 is 0. The van der Waals surface area contributed by atoms with Crippen LogP contribution in [0.25, 0.3) is 0 Å². The molecular formula is C18H31N. The van der Waals surface area contributed by atoms with Crippen LogP contribution in [-0.4, -0.2) is 0 Å². The number of nitrogens with two attached hydrogens (primary N) is 1. The van der Waals surface area contributed by atoms with Gasteiger partial charge in [0.15, 0.2) is 0 Å². The second-order valence-corrected chi connectivity index (χ2v) is 5.61. The number of hydrogen-bond acceptors (Lipinski definition) is 1. The Morgan fingerprint density at radius 3 is 1.63 bits per heavy atom. The Morgan fingerprint density at radius 1 is 0.737 bits per heavy atom. The van der Waals surface area contributed by atoms with E-state index in [1.54, 1.807) is 0 Å². The number of benzene rings is 1. The first kappa shape index (κ1) is 16.1. The van der Waals surface area contributed by atoms with Gasteiger partial charge >= 0.3 is 0 Å². The van der Waals surface area contributed by atoms with Crippen molar-refractivity contribution < 1.29 is 0 Å². The van der Waals surface area contributed by atoms with Crippen molar-refractivity contribution in [2.75, 3.05) is 5.73 Å². The average Bonchev–Trinajstić information content (AvgIpc) is 2.43. The van der Waals surface area contributed by atoms with Gasteiger partial charge in [-0.2, -0.15) is 0 Å². The molecule has 0 amide bonds. The lowest BCUT2D eigenvalue weighted by atomic mass is 9.98. The maximum absolute atomic E-state index is 6.31. The summed E-state index contributed by atoms with van der Waals surface area (Å²) in [6.07, 6.45) is 12.8. The van der Waals surface area contributed by atoms with Gasteiger partial charge in [-0.15, -0.1) is 0 Å². The van der Waals surface area contributed by atoms with Crippen LogP contribution in [-0.2, 0) is 12.8 Å². The van der Waals surface area contributed by atoms with Gasteiger partial charge in [0, 0.05) is 5.69 Å². The lowest BCUT2D eigenvalue weighted by Gasteiger charge is -2.11. The Morgan fingerprint density at radius 2 is 1.21 bits per heavy atom. The van der Waals surface area contributed by atoms with E-state index in [4.69, 9.17) is 5.73 Å². The predicted molar refractivity (Wildman–Crippen MR) is 86.5 cm³/mol. The summed E-state index contributed by atoms with van der Waals surface area (Å²) >= 11 is 0. The van der Waals surface area contributed by atoms with Crippen molar-refractivity contribution in [1.82, 2.24) is 0 Å². The summed E-state index contributed by atoms with van der Waals surface area (Å²) in [5.74, 6) is 0. The van der Waals surface area contributed by atoms with Gasteiger partial charge in [-0.3, -0.25) is 0 Å². The lowest BCUT2D eigenvalue weighted by Crippen LogP contribution is -2.00. The highest BCUT2D eigenvalue weighted by molar-refractivity contribution is 5.53. The number of nitrogen functional groups attached to an aromatic ring is 1. The van der Waals surface area contributed by atoms with Crippen LogP contribution in [0.1, 0.15) is 76.3 Å². The Kier molecular flexibility index (Phi) is 8.36. The SMILES string of the molecule is CCCCCCc1cccc(CCCCCC)c1N. The topological polar surface area (TPSA) is 26.0 Å². The smallest absolute Gasteiger partial charge is 0.0379 e. The summed E-state index contributed by atoms with van der Waals surface area (Å²) in [6.45, 7) is 4.51. The summed E-state index contributed by atoms with van der Waals surface area (Å²) in [5.41, 5.74) is 10.1. The molecular weight excluding hydrogens is 230 g/mol. The van der Waals surface area contributed by atoms with Crippen LogP contribution in [0.5, 0.6) is 0 Å². The van der Waals surface area contributed by atoms with E-state index in [0.29, 0.717) is 0 Å². The molecule has 0 aliphatic rings. The summed E-state index contributed by atoms with van der Waals surface area (Å²) in [4.78, 5) is 0. The van der Waals surface area contributed by atoms with Crippen molar-refractivity contribution in [2.45, 2.75) is 78.1 Å². The third-order valence-corrected chi connectivity index (χ3v) is 3.89. The standard InChI is InChI=1S/C18H31N/c1-3-5-7-9-12-16-14-11-15-17(18(16)19)13-10-8-6-4-2/h11,14-15H,3-10,12-13,19H2,1-2H3. The van der Waals surface area contributed by atoms with Gasteiger partial charge in [-0.1, -0.05) is 70.6 Å². The van der Waals surface area contributed by atoms with Crippen molar-refractivity contribution in [3.63, 3.8) is 0 Å². The molecule has 108 valence electrons. The van der Waals surface area contributed by atoms with Crippen LogP contribution in [0.3, 0.4) is 0 Å². The Bertz CT molecular complexity index is 313. The Labute approximate surface area is 119 Å². The molecule has 0 spiro atoms. The van der Waals surface area contributed by atoms with Crippen LogP contribution in [0.15, 0.2) is 18.2 Å². The van der Waals surface area contributed by atoms with E-state index in [1.807, 2.05) is 0 Å². The lowest BCUT2D eigenvalue weighted by molar-refractivity contribution is 0.662. The van der Waals surface area contributed by atoms with Crippen molar-refractivity contribution in [1.29, 1.82) is 0 Å². The molecule has 19 heavy (non-hydrogen) atoms. The summed E-state index contributed by atoms with van der Waals surface area (Å²) in [5, 5.41) is 0. The molecule has 0 aliphatic carbocycles. The average molecular weight is 261 g/mol. The molecule has 0 radical (unpaired) electrons. The molecule has 1 aromatic rings. The van der Waals surface area contributed by atoms with E-state index in [1.165, 1.54) is 62.5 Å². The summed E-state index contributed by atoms with van der Waals surface area (Å²) in [7, 11) is 0. The van der Waals surface area contributed by atoms with Crippen molar-refractivity contribution in [2.24, 2.45) is 0 Å². The summed E-state index contributed by atoms with van der Waals surface area (Å²) in [6, 6.07) is 6.59. The predicted octanol–water partition coefficient (Wildman–Crippen LogP) is 5.51. The number of aryl methyl sites for hydroxylation is 2. The molecule has 0 heterocycles. The van der Waals surface area contributed by atoms with E-state index in [2.05, 4.69) is 32.0 Å². The molecule has 0 saturated carbocycles. The maximum Gasteiger partial charge on any atom is 0.0379 e. The Balaban J connectivity index is 2.44. The minimum Gasteiger partial charge on any atom is -0.398 e. The van der Waals surface area contributed by atoms with E-state index in [0.717, 1.165) is 18.5 Å². The van der Waals surface area contributed by atoms with Gasteiger partial charge in [-0.25, -0.2) is 0 Å². The first-order chi connectivity index (χ1) is 9.29. The van der Waals surface area contributed by atoms with E-state index < -0.39 is 0 Å². The third-order valence-electron chi connectivity index (χ3n) is 3.89. The maximum atomic E-state index is 6.31. The quantitative estimate of drug-likeness (QED) is 0.436. The molecule has 0 aromatic heterocycles. The zero-order valence-corrected chi connectivity index (χ0v) is 12.9. The second-order valence-electron chi connectivity index (χ2n) is 5.61. The van der Waals surface area contributed by atoms with E-state index in [-0.39, 0.29) is 0 Å². The van der Waals surface area contributed by atoms with Crippen molar-refractivity contribution in [3.8, 4) is 0 Å². The van der Waals surface area contributed by atoms with Crippen LogP contribution >= 0.6 is 0 Å². The molecule has 0 bridgehead atoms. The minimum atomic E-state index is 1.07. The molecule has 0 fully saturated rings. The van der Waals surface area contributed by atoms with Gasteiger partial charge < -0.3 is 5.73 Å². The molecule has 0 unspecified atom stereocenters. The van der Waals surface area contributed by atoms with Crippen LogP contribution in [0, 0.1) is 0 Å². The fourth-order valence-corrected chi connectivity index (χ4v) is 2.59. The van der Waals surface area contributed by atoms with Gasteiger partial charge in [0.2, 0.25) is 0 Å². The molecule has 0 saturated heterocycles. The van der Waals surface area contributed by atoms with Gasteiger partial charge in [0.05, 0.1) is 0 Å². The highest BCUT2D eigenvalue weighted by Gasteiger charge is 2.04. The molecule has 2 N–H and O–H groups in total. The Hall–Kier alpha value is -0.980. The normalized spacial score (nSPS) is 10.8. The molecule has 1 nitrogen and oxygen atoms in total. The highest BCUT2D eigenvalue weighted by Crippen LogP contribution is 2.22. The first-order valence-electron chi connectivity index (χ1n) is 8.15. The molecule has 0 aliphatic heterocycles. The fraction of sp³-hybridized carbons (Fsp3) is 0.667. The van der Waals surface area contributed by atoms with Crippen molar-refractivity contribution in [3.05, 3.63) is 29.3 Å². The van der Waals surface area contributed by atoms with E-state index in [9.17, 15) is 0 Å². The second kappa shape index (κ2) is 9.89. The number of anilines is 1. The van der Waals surface area contributed by atoms with Gasteiger partial charge in [-0.05, 0) is 36.8 Å². The monoisotopic (exact) mass is 261 g/mol.